The molecule has 82 valence electrons. The van der Waals surface area contributed by atoms with Crippen molar-refractivity contribution in [1.29, 1.82) is 0 Å². The molecule has 0 aliphatic heterocycles. The Balaban J connectivity index is 4.11. The van der Waals surface area contributed by atoms with Crippen LogP contribution in [0.5, 0.6) is 0 Å². The lowest BCUT2D eigenvalue weighted by Gasteiger charge is -2.13. The molecule has 1 atom stereocenters. The number of carbonyl (C=O) groups is 1. The largest absolute Gasteiger partial charge is 0.532 e. The minimum Gasteiger partial charge on any atom is -0.396 e. The number of hydrogen-bond donors (Lipinski definition) is 1. The summed E-state index contributed by atoms with van der Waals surface area (Å²) < 4.78 is 24.9. The first-order valence-corrected chi connectivity index (χ1v) is 5.31. The van der Waals surface area contributed by atoms with Crippen LogP contribution in [0, 0.1) is 0 Å². The molecule has 1 unspecified atom stereocenters. The molecule has 0 saturated heterocycles. The Morgan fingerprint density at radius 3 is 2.71 bits per heavy atom. The van der Waals surface area contributed by atoms with Gasteiger partial charge in [0.15, 0.2) is 0 Å². The lowest BCUT2D eigenvalue weighted by Crippen LogP contribution is -2.04. The summed E-state index contributed by atoms with van der Waals surface area (Å²) in [5, 5.41) is 8.43. The zero-order valence-electron chi connectivity index (χ0n) is 7.84. The van der Waals surface area contributed by atoms with Crippen molar-refractivity contribution in [3.63, 3.8) is 0 Å². The third kappa shape index (κ3) is 5.14. The summed E-state index contributed by atoms with van der Waals surface area (Å²) in [5.74, 6) is -0.890. The van der Waals surface area contributed by atoms with Crippen LogP contribution in [0.4, 0.5) is 0 Å². The number of hydrogen-bond acceptors (Lipinski definition) is 6. The minimum absolute atomic E-state index is 0.0218. The molecule has 0 rings (SSSR count). The van der Waals surface area contributed by atoms with E-state index >= 15 is 0 Å². The van der Waals surface area contributed by atoms with E-state index in [0.29, 0.717) is 0 Å². The van der Waals surface area contributed by atoms with Crippen LogP contribution in [-0.2, 0) is 22.9 Å². The van der Waals surface area contributed by atoms with Gasteiger partial charge in [-0.15, -0.1) is 0 Å². The van der Waals surface area contributed by atoms with E-state index < -0.39 is 13.8 Å². The fourth-order valence-electron chi connectivity index (χ4n) is 0.505. The van der Waals surface area contributed by atoms with Gasteiger partial charge >= 0.3 is 13.8 Å². The van der Waals surface area contributed by atoms with Gasteiger partial charge in [-0.05, 0) is 6.42 Å². The van der Waals surface area contributed by atoms with E-state index in [-0.39, 0.29) is 19.6 Å². The minimum atomic E-state index is -3.83. The van der Waals surface area contributed by atoms with Crippen molar-refractivity contribution in [1.82, 2.24) is 0 Å². The number of rotatable bonds is 7. The summed E-state index contributed by atoms with van der Waals surface area (Å²) in [6, 6.07) is 0. The van der Waals surface area contributed by atoms with Gasteiger partial charge in [-0.1, -0.05) is 6.58 Å². The van der Waals surface area contributed by atoms with Gasteiger partial charge in [-0.25, -0.2) is 9.36 Å². The Hall–Kier alpha value is -0.680. The fraction of sp³-hybridized carbons (Fsp3) is 0.571. The predicted octanol–water partition coefficient (Wildman–Crippen LogP) is 0.869. The third-order valence-electron chi connectivity index (χ3n) is 1.14. The van der Waals surface area contributed by atoms with Gasteiger partial charge in [-0.3, -0.25) is 9.05 Å². The maximum atomic E-state index is 11.4. The number of phosphoric ester groups is 1. The SMILES string of the molecule is C=CC(=O)OP(=O)(OC)OCCCO. The summed E-state index contributed by atoms with van der Waals surface area (Å²) >= 11 is 0. The van der Waals surface area contributed by atoms with E-state index in [4.69, 9.17) is 5.11 Å². The van der Waals surface area contributed by atoms with Crippen LogP contribution in [0.2, 0.25) is 0 Å². The van der Waals surface area contributed by atoms with Crippen molar-refractivity contribution in [2.45, 2.75) is 6.42 Å². The molecule has 1 N–H and O–H groups in total. The van der Waals surface area contributed by atoms with Crippen molar-refractivity contribution in [3.05, 3.63) is 12.7 Å². The molecule has 0 aromatic carbocycles. The smallest absolute Gasteiger partial charge is 0.396 e. The van der Waals surface area contributed by atoms with Gasteiger partial charge in [-0.2, -0.15) is 0 Å². The Labute approximate surface area is 82.1 Å². The number of aliphatic hydroxyl groups excluding tert-OH is 1. The number of phosphoric acid groups is 1. The molecule has 7 heteroatoms. The van der Waals surface area contributed by atoms with Gasteiger partial charge in [0, 0.05) is 19.8 Å². The molecule has 14 heavy (non-hydrogen) atoms. The van der Waals surface area contributed by atoms with Crippen molar-refractivity contribution in [2.24, 2.45) is 0 Å². The topological polar surface area (TPSA) is 82.1 Å². The highest BCUT2D eigenvalue weighted by Crippen LogP contribution is 2.48. The molecule has 0 bridgehead atoms. The molecule has 0 saturated carbocycles. The molecule has 0 aliphatic carbocycles. The van der Waals surface area contributed by atoms with E-state index in [9.17, 15) is 9.36 Å². The van der Waals surface area contributed by atoms with Crippen molar-refractivity contribution < 1.29 is 28.0 Å². The molecule has 0 fully saturated rings. The van der Waals surface area contributed by atoms with E-state index in [0.717, 1.165) is 13.2 Å². The van der Waals surface area contributed by atoms with E-state index in [1.807, 2.05) is 0 Å². The Bertz CT molecular complexity index is 238. The van der Waals surface area contributed by atoms with Gasteiger partial charge in [0.25, 0.3) is 0 Å². The zero-order chi connectivity index (χ0) is 11.0. The van der Waals surface area contributed by atoms with E-state index in [1.165, 1.54) is 0 Å². The second-order valence-corrected chi connectivity index (χ2v) is 3.85. The highest BCUT2D eigenvalue weighted by molar-refractivity contribution is 7.49. The van der Waals surface area contributed by atoms with Crippen molar-refractivity contribution >= 4 is 13.8 Å². The number of aliphatic hydroxyl groups is 1. The second kappa shape index (κ2) is 6.73. The second-order valence-electron chi connectivity index (χ2n) is 2.15. The van der Waals surface area contributed by atoms with Crippen LogP contribution in [0.1, 0.15) is 6.42 Å². The molecule has 0 aliphatic rings. The summed E-state index contributed by atoms with van der Waals surface area (Å²) in [6.45, 7) is 2.99. The first-order valence-electron chi connectivity index (χ1n) is 3.85. The fourth-order valence-corrected chi connectivity index (χ4v) is 1.38. The van der Waals surface area contributed by atoms with Crippen LogP contribution in [-0.4, -0.2) is 31.4 Å². The third-order valence-corrected chi connectivity index (χ3v) is 2.49. The average Bonchev–Trinajstić information content (AvgIpc) is 2.18. The first-order chi connectivity index (χ1) is 6.58. The predicted molar refractivity (Wildman–Crippen MR) is 48.6 cm³/mol. The van der Waals surface area contributed by atoms with Crippen molar-refractivity contribution in [2.75, 3.05) is 20.3 Å². The Kier molecular flexibility index (Phi) is 6.40. The van der Waals surface area contributed by atoms with E-state index in [1.54, 1.807) is 0 Å². The molecule has 0 aromatic rings. The average molecular weight is 224 g/mol. The van der Waals surface area contributed by atoms with Crippen LogP contribution in [0.3, 0.4) is 0 Å². The van der Waals surface area contributed by atoms with Crippen LogP contribution >= 0.6 is 7.82 Å². The summed E-state index contributed by atoms with van der Waals surface area (Å²) in [4.78, 5) is 10.7. The van der Waals surface area contributed by atoms with Crippen LogP contribution < -0.4 is 0 Å². The number of carbonyl (C=O) groups excluding carboxylic acids is 1. The zero-order valence-corrected chi connectivity index (χ0v) is 8.74. The maximum absolute atomic E-state index is 11.4. The molecule has 0 aromatic heterocycles. The molecule has 0 spiro atoms. The van der Waals surface area contributed by atoms with Gasteiger partial charge in [0.1, 0.15) is 0 Å². The molecule has 0 heterocycles. The summed E-state index contributed by atoms with van der Waals surface area (Å²) in [7, 11) is -2.74. The van der Waals surface area contributed by atoms with Crippen LogP contribution in [0.15, 0.2) is 12.7 Å². The standard InChI is InChI=1S/C7H13O6P/c1-3-7(9)13-14(10,11-2)12-6-4-5-8/h3,8H,1,4-6H2,2H3. The molecule has 0 radical (unpaired) electrons. The van der Waals surface area contributed by atoms with Crippen molar-refractivity contribution in [3.8, 4) is 0 Å². The van der Waals surface area contributed by atoms with Gasteiger partial charge in [0.05, 0.1) is 6.61 Å². The lowest BCUT2D eigenvalue weighted by molar-refractivity contribution is -0.130. The molecule has 0 amide bonds. The van der Waals surface area contributed by atoms with Gasteiger partial charge in [0.2, 0.25) is 0 Å². The molecular formula is C7H13O6P. The quantitative estimate of drug-likeness (QED) is 0.392. The molecular weight excluding hydrogens is 211 g/mol. The summed E-state index contributed by atoms with van der Waals surface area (Å²) in [6.07, 6.45) is 1.13. The normalized spacial score (nSPS) is 14.4. The Morgan fingerprint density at radius 1 is 1.64 bits per heavy atom. The lowest BCUT2D eigenvalue weighted by atomic mass is 10.5. The highest BCUT2D eigenvalue weighted by Gasteiger charge is 2.28. The molecule has 6 nitrogen and oxygen atoms in total. The monoisotopic (exact) mass is 224 g/mol. The van der Waals surface area contributed by atoms with Crippen LogP contribution in [0.25, 0.3) is 0 Å². The Morgan fingerprint density at radius 2 is 2.29 bits per heavy atom. The maximum Gasteiger partial charge on any atom is 0.532 e. The first kappa shape index (κ1) is 13.3. The van der Waals surface area contributed by atoms with Gasteiger partial charge < -0.3 is 9.63 Å². The van der Waals surface area contributed by atoms with E-state index in [2.05, 4.69) is 20.2 Å². The highest BCUT2D eigenvalue weighted by atomic mass is 31.2. The summed E-state index contributed by atoms with van der Waals surface area (Å²) in [5.41, 5.74) is 0.